The van der Waals surface area contributed by atoms with Gasteiger partial charge in [0.15, 0.2) is 0 Å². The average Bonchev–Trinajstić information content (AvgIpc) is 2.56. The molecule has 0 aliphatic heterocycles. The molecule has 5 heteroatoms. The Bertz CT molecular complexity index is 547. The largest absolute Gasteiger partial charge is 0.460 e. The summed E-state index contributed by atoms with van der Waals surface area (Å²) in [5.74, 6) is -0.536. The molecule has 16 heavy (non-hydrogen) atoms. The zero-order valence-electron chi connectivity index (χ0n) is 8.62. The van der Waals surface area contributed by atoms with E-state index in [1.165, 1.54) is 0 Å². The van der Waals surface area contributed by atoms with Crippen LogP contribution in [0.3, 0.4) is 0 Å². The van der Waals surface area contributed by atoms with Crippen LogP contribution in [-0.4, -0.2) is 12.6 Å². The first-order valence-corrected chi connectivity index (χ1v) is 5.16. The normalized spacial score (nSPS) is 10.6. The van der Waals surface area contributed by atoms with Crippen LogP contribution >= 0.6 is 11.6 Å². The Kier molecular flexibility index (Phi) is 2.75. The number of hydrogen-bond donors (Lipinski definition) is 1. The number of nitrogens with two attached hydrogens (primary N) is 1. The molecule has 4 nitrogen and oxygen atoms in total. The summed E-state index contributed by atoms with van der Waals surface area (Å²) in [7, 11) is 0. The number of ether oxygens (including phenoxy) is 1. The fraction of sp³-hybridized carbons (Fsp3) is 0.182. The zero-order chi connectivity index (χ0) is 11.7. The summed E-state index contributed by atoms with van der Waals surface area (Å²) in [6.07, 6.45) is 0. The highest BCUT2D eigenvalue weighted by Gasteiger charge is 2.19. The van der Waals surface area contributed by atoms with E-state index in [0.29, 0.717) is 16.0 Å². The predicted molar refractivity (Wildman–Crippen MR) is 61.6 cm³/mol. The van der Waals surface area contributed by atoms with Crippen molar-refractivity contribution in [3.8, 4) is 0 Å². The van der Waals surface area contributed by atoms with Crippen LogP contribution in [0.15, 0.2) is 22.6 Å². The molecule has 1 heterocycles. The summed E-state index contributed by atoms with van der Waals surface area (Å²) in [5.41, 5.74) is 6.54. The zero-order valence-corrected chi connectivity index (χ0v) is 9.38. The second kappa shape index (κ2) is 4.06. The Labute approximate surface area is 96.9 Å². The highest BCUT2D eigenvalue weighted by molar-refractivity contribution is 6.31. The van der Waals surface area contributed by atoms with Gasteiger partial charge in [0, 0.05) is 16.5 Å². The standard InChI is InChI=1S/C11H10ClNO3/c1-2-15-11(14)10-9(13)7-4-3-6(12)5-8(7)16-10/h3-5H,2,13H2,1H3. The third-order valence-corrected chi connectivity index (χ3v) is 2.39. The van der Waals surface area contributed by atoms with Gasteiger partial charge < -0.3 is 14.9 Å². The molecule has 0 aliphatic carbocycles. The van der Waals surface area contributed by atoms with Gasteiger partial charge in [-0.3, -0.25) is 0 Å². The fourth-order valence-electron chi connectivity index (χ4n) is 1.44. The van der Waals surface area contributed by atoms with Crippen LogP contribution in [0.1, 0.15) is 17.5 Å². The first kappa shape index (κ1) is 10.8. The van der Waals surface area contributed by atoms with Crippen molar-refractivity contribution in [2.45, 2.75) is 6.92 Å². The minimum Gasteiger partial charge on any atom is -0.460 e. The molecule has 0 atom stereocenters. The second-order valence-corrected chi connectivity index (χ2v) is 3.64. The van der Waals surface area contributed by atoms with E-state index < -0.39 is 5.97 Å². The topological polar surface area (TPSA) is 65.5 Å². The van der Waals surface area contributed by atoms with Gasteiger partial charge in [0.05, 0.1) is 12.3 Å². The molecule has 0 bridgehead atoms. The number of carbonyl (C=O) groups excluding carboxylic acids is 1. The average molecular weight is 240 g/mol. The summed E-state index contributed by atoms with van der Waals surface area (Å²) in [5, 5.41) is 1.18. The lowest BCUT2D eigenvalue weighted by molar-refractivity contribution is 0.0494. The van der Waals surface area contributed by atoms with Crippen LogP contribution in [0.4, 0.5) is 5.69 Å². The first-order valence-electron chi connectivity index (χ1n) is 4.78. The number of esters is 1. The van der Waals surface area contributed by atoms with Crippen molar-refractivity contribution >= 4 is 34.2 Å². The van der Waals surface area contributed by atoms with Gasteiger partial charge in [-0.1, -0.05) is 11.6 Å². The van der Waals surface area contributed by atoms with Gasteiger partial charge in [-0.05, 0) is 19.1 Å². The predicted octanol–water partition coefficient (Wildman–Crippen LogP) is 2.85. The van der Waals surface area contributed by atoms with Crippen LogP contribution in [0.25, 0.3) is 11.0 Å². The molecule has 84 valence electrons. The maximum Gasteiger partial charge on any atom is 0.376 e. The van der Waals surface area contributed by atoms with Crippen LogP contribution in [0.5, 0.6) is 0 Å². The SMILES string of the molecule is CCOC(=O)c1oc2cc(Cl)ccc2c1N. The fourth-order valence-corrected chi connectivity index (χ4v) is 1.60. The lowest BCUT2D eigenvalue weighted by atomic mass is 10.2. The molecule has 0 unspecified atom stereocenters. The summed E-state index contributed by atoms with van der Waals surface area (Å²) < 4.78 is 10.1. The number of benzene rings is 1. The van der Waals surface area contributed by atoms with E-state index in [1.807, 2.05) is 0 Å². The highest BCUT2D eigenvalue weighted by atomic mass is 35.5. The molecular weight excluding hydrogens is 230 g/mol. The number of anilines is 1. The second-order valence-electron chi connectivity index (χ2n) is 3.21. The number of furan rings is 1. The number of carbonyl (C=O) groups is 1. The summed E-state index contributed by atoms with van der Waals surface area (Å²) in [4.78, 5) is 11.5. The number of halogens is 1. The van der Waals surface area contributed by atoms with Crippen LogP contribution in [0.2, 0.25) is 5.02 Å². The molecule has 2 N–H and O–H groups in total. The van der Waals surface area contributed by atoms with Crippen LogP contribution in [0, 0.1) is 0 Å². The number of hydrogen-bond acceptors (Lipinski definition) is 4. The minimum atomic E-state index is -0.563. The highest BCUT2D eigenvalue weighted by Crippen LogP contribution is 2.30. The molecule has 2 aromatic rings. The lowest BCUT2D eigenvalue weighted by Gasteiger charge is -1.97. The van der Waals surface area contributed by atoms with Crippen molar-refractivity contribution in [1.82, 2.24) is 0 Å². The molecule has 0 aliphatic rings. The lowest BCUT2D eigenvalue weighted by Crippen LogP contribution is -2.05. The van der Waals surface area contributed by atoms with Gasteiger partial charge in [-0.25, -0.2) is 4.79 Å². The molecule has 0 spiro atoms. The monoisotopic (exact) mass is 239 g/mol. The van der Waals surface area contributed by atoms with Gasteiger partial charge >= 0.3 is 5.97 Å². The Balaban J connectivity index is 2.55. The minimum absolute atomic E-state index is 0.0270. The smallest absolute Gasteiger partial charge is 0.376 e. The van der Waals surface area contributed by atoms with E-state index >= 15 is 0 Å². The Morgan fingerprint density at radius 1 is 1.56 bits per heavy atom. The van der Waals surface area contributed by atoms with Crippen LogP contribution < -0.4 is 5.73 Å². The van der Waals surface area contributed by atoms with Crippen LogP contribution in [-0.2, 0) is 4.74 Å². The third-order valence-electron chi connectivity index (χ3n) is 2.15. The van der Waals surface area contributed by atoms with E-state index in [1.54, 1.807) is 25.1 Å². The molecule has 0 amide bonds. The molecule has 0 saturated heterocycles. The summed E-state index contributed by atoms with van der Waals surface area (Å²) in [6, 6.07) is 5.00. The Hall–Kier alpha value is -1.68. The Morgan fingerprint density at radius 2 is 2.31 bits per heavy atom. The Morgan fingerprint density at radius 3 is 3.00 bits per heavy atom. The first-order chi connectivity index (χ1) is 7.63. The number of nitrogen functional groups attached to an aromatic ring is 1. The van der Waals surface area contributed by atoms with Crippen molar-refractivity contribution in [3.05, 3.63) is 29.0 Å². The van der Waals surface area contributed by atoms with E-state index in [0.717, 1.165) is 0 Å². The number of rotatable bonds is 2. The van der Waals surface area contributed by atoms with Gasteiger partial charge in [0.25, 0.3) is 0 Å². The molecule has 2 rings (SSSR count). The molecule has 0 radical (unpaired) electrons. The van der Waals surface area contributed by atoms with Gasteiger partial charge in [0.1, 0.15) is 5.58 Å². The van der Waals surface area contributed by atoms with E-state index in [4.69, 9.17) is 26.5 Å². The summed E-state index contributed by atoms with van der Waals surface area (Å²) in [6.45, 7) is 1.99. The quantitative estimate of drug-likeness (QED) is 0.819. The molecule has 1 aromatic heterocycles. The van der Waals surface area contributed by atoms with Crippen molar-refractivity contribution < 1.29 is 13.9 Å². The van der Waals surface area contributed by atoms with Gasteiger partial charge in [0.2, 0.25) is 5.76 Å². The molecule has 1 aromatic carbocycles. The summed E-state index contributed by atoms with van der Waals surface area (Å²) >= 11 is 5.80. The number of fused-ring (bicyclic) bond motifs is 1. The van der Waals surface area contributed by atoms with Gasteiger partial charge in [-0.2, -0.15) is 0 Å². The van der Waals surface area contributed by atoms with Crippen molar-refractivity contribution in [2.24, 2.45) is 0 Å². The molecular formula is C11H10ClNO3. The van der Waals surface area contributed by atoms with E-state index in [2.05, 4.69) is 0 Å². The molecule has 0 fully saturated rings. The molecule has 0 saturated carbocycles. The van der Waals surface area contributed by atoms with Crippen molar-refractivity contribution in [2.75, 3.05) is 12.3 Å². The van der Waals surface area contributed by atoms with Crippen molar-refractivity contribution in [3.63, 3.8) is 0 Å². The maximum atomic E-state index is 11.5. The van der Waals surface area contributed by atoms with Crippen molar-refractivity contribution in [1.29, 1.82) is 0 Å². The third kappa shape index (κ3) is 1.72. The maximum absolute atomic E-state index is 11.5. The van der Waals surface area contributed by atoms with Gasteiger partial charge in [-0.15, -0.1) is 0 Å². The van der Waals surface area contributed by atoms with E-state index in [-0.39, 0.29) is 18.1 Å². The van der Waals surface area contributed by atoms with E-state index in [9.17, 15) is 4.79 Å².